The Labute approximate surface area is 110 Å². The molecule has 1 heterocycles. The maximum Gasteiger partial charge on any atom is 0.0835 e. The molecule has 2 fully saturated rings. The van der Waals surface area contributed by atoms with Crippen LogP contribution in [0.2, 0.25) is 0 Å². The molecule has 1 saturated heterocycles. The van der Waals surface area contributed by atoms with Gasteiger partial charge in [0.25, 0.3) is 0 Å². The molecule has 18 heavy (non-hydrogen) atoms. The van der Waals surface area contributed by atoms with Crippen molar-refractivity contribution >= 4 is 0 Å². The number of aliphatic hydroxyl groups excluding tert-OH is 1. The van der Waals surface area contributed by atoms with Gasteiger partial charge in [-0.05, 0) is 31.6 Å². The standard InChI is InChI=1S/C15H25NO2/c16-12-15(8-4-2-1-3-5-9-15)14(17)13-6-10-18-11-7-13/h13-14,17H,1-11H2. The highest BCUT2D eigenvalue weighted by Crippen LogP contribution is 2.41. The number of nitriles is 1. The smallest absolute Gasteiger partial charge is 0.0835 e. The van der Waals surface area contributed by atoms with E-state index in [0.717, 1.165) is 51.7 Å². The molecule has 0 radical (unpaired) electrons. The van der Waals surface area contributed by atoms with Crippen LogP contribution >= 0.6 is 0 Å². The summed E-state index contributed by atoms with van der Waals surface area (Å²) in [6, 6.07) is 2.49. The Hall–Kier alpha value is -0.590. The lowest BCUT2D eigenvalue weighted by Gasteiger charge is -2.39. The van der Waals surface area contributed by atoms with Gasteiger partial charge >= 0.3 is 0 Å². The fourth-order valence-electron chi connectivity index (χ4n) is 3.49. The molecule has 1 unspecified atom stereocenters. The first-order chi connectivity index (χ1) is 8.78. The van der Waals surface area contributed by atoms with Crippen molar-refractivity contribution in [3.8, 4) is 6.07 Å². The van der Waals surface area contributed by atoms with Crippen molar-refractivity contribution in [1.29, 1.82) is 5.26 Å². The van der Waals surface area contributed by atoms with Crippen LogP contribution in [0.15, 0.2) is 0 Å². The van der Waals surface area contributed by atoms with E-state index in [4.69, 9.17) is 4.74 Å². The average Bonchev–Trinajstić information content (AvgIpc) is 2.40. The van der Waals surface area contributed by atoms with Crippen LogP contribution in [0.1, 0.15) is 57.8 Å². The third kappa shape index (κ3) is 3.05. The fraction of sp³-hybridized carbons (Fsp3) is 0.933. The maximum atomic E-state index is 10.7. The summed E-state index contributed by atoms with van der Waals surface area (Å²) in [5.41, 5.74) is -0.484. The van der Waals surface area contributed by atoms with Gasteiger partial charge in [0.1, 0.15) is 0 Å². The first kappa shape index (κ1) is 13.8. The summed E-state index contributed by atoms with van der Waals surface area (Å²) in [5.74, 6) is 0.262. The molecule has 1 aliphatic heterocycles. The number of hydrogen-bond acceptors (Lipinski definition) is 3. The van der Waals surface area contributed by atoms with Gasteiger partial charge in [0.2, 0.25) is 0 Å². The minimum absolute atomic E-state index is 0.262. The third-order valence-corrected chi connectivity index (χ3v) is 4.75. The van der Waals surface area contributed by atoms with Gasteiger partial charge in [-0.15, -0.1) is 0 Å². The molecule has 0 bridgehead atoms. The highest BCUT2D eigenvalue weighted by Gasteiger charge is 2.42. The molecule has 1 saturated carbocycles. The van der Waals surface area contributed by atoms with Crippen molar-refractivity contribution in [1.82, 2.24) is 0 Å². The minimum atomic E-state index is -0.484. The van der Waals surface area contributed by atoms with Crippen molar-refractivity contribution in [2.75, 3.05) is 13.2 Å². The van der Waals surface area contributed by atoms with Crippen LogP contribution in [0, 0.1) is 22.7 Å². The molecule has 3 nitrogen and oxygen atoms in total. The zero-order valence-electron chi connectivity index (χ0n) is 11.2. The summed E-state index contributed by atoms with van der Waals surface area (Å²) in [6.45, 7) is 1.48. The number of rotatable bonds is 2. The van der Waals surface area contributed by atoms with Crippen LogP contribution in [0.5, 0.6) is 0 Å². The molecule has 2 aliphatic rings. The van der Waals surface area contributed by atoms with Gasteiger partial charge < -0.3 is 9.84 Å². The van der Waals surface area contributed by atoms with Gasteiger partial charge in [-0.1, -0.05) is 32.1 Å². The van der Waals surface area contributed by atoms with E-state index >= 15 is 0 Å². The van der Waals surface area contributed by atoms with Gasteiger partial charge in [-0.3, -0.25) is 0 Å². The fourth-order valence-corrected chi connectivity index (χ4v) is 3.49. The topological polar surface area (TPSA) is 53.2 Å². The predicted molar refractivity (Wildman–Crippen MR) is 69.9 cm³/mol. The second-order valence-electron chi connectivity index (χ2n) is 5.93. The Morgan fingerprint density at radius 3 is 2.17 bits per heavy atom. The number of aliphatic hydroxyl groups is 1. The summed E-state index contributed by atoms with van der Waals surface area (Å²) in [5, 5.41) is 20.3. The molecule has 0 amide bonds. The number of hydrogen-bond donors (Lipinski definition) is 1. The second-order valence-corrected chi connectivity index (χ2v) is 5.93. The highest BCUT2D eigenvalue weighted by atomic mass is 16.5. The molecule has 1 aliphatic carbocycles. The van der Waals surface area contributed by atoms with E-state index < -0.39 is 11.5 Å². The molecule has 1 atom stereocenters. The number of ether oxygens (including phenoxy) is 1. The molecule has 0 aromatic carbocycles. The van der Waals surface area contributed by atoms with E-state index in [0.29, 0.717) is 0 Å². The zero-order valence-corrected chi connectivity index (χ0v) is 11.2. The van der Waals surface area contributed by atoms with Crippen LogP contribution in [-0.4, -0.2) is 24.4 Å². The van der Waals surface area contributed by atoms with Gasteiger partial charge in [0.15, 0.2) is 0 Å². The quantitative estimate of drug-likeness (QED) is 0.820. The summed E-state index contributed by atoms with van der Waals surface area (Å²) in [4.78, 5) is 0. The lowest BCUT2D eigenvalue weighted by molar-refractivity contribution is -0.0463. The third-order valence-electron chi connectivity index (χ3n) is 4.75. The van der Waals surface area contributed by atoms with Gasteiger partial charge in [0.05, 0.1) is 17.6 Å². The first-order valence-corrected chi connectivity index (χ1v) is 7.45. The Balaban J connectivity index is 2.05. The van der Waals surface area contributed by atoms with Crippen LogP contribution in [0.4, 0.5) is 0 Å². The average molecular weight is 251 g/mol. The Morgan fingerprint density at radius 1 is 1.06 bits per heavy atom. The van der Waals surface area contributed by atoms with Crippen LogP contribution in [0.3, 0.4) is 0 Å². The molecule has 0 spiro atoms. The van der Waals surface area contributed by atoms with E-state index in [1.807, 2.05) is 0 Å². The van der Waals surface area contributed by atoms with Gasteiger partial charge in [-0.2, -0.15) is 5.26 Å². The SMILES string of the molecule is N#CC1(C(O)C2CCOCC2)CCCCCCC1. The molecular formula is C15H25NO2. The molecule has 0 aromatic rings. The summed E-state index contributed by atoms with van der Waals surface area (Å²) in [6.07, 6.45) is 9.01. The normalized spacial score (nSPS) is 27.8. The molecule has 0 aromatic heterocycles. The van der Waals surface area contributed by atoms with Crippen LogP contribution < -0.4 is 0 Å². The summed E-state index contributed by atoms with van der Waals surface area (Å²) >= 11 is 0. The van der Waals surface area contributed by atoms with E-state index in [2.05, 4.69) is 6.07 Å². The molecule has 102 valence electrons. The largest absolute Gasteiger partial charge is 0.391 e. The van der Waals surface area contributed by atoms with E-state index in [1.54, 1.807) is 0 Å². The predicted octanol–water partition coefficient (Wildman–Crippen LogP) is 3.03. The van der Waals surface area contributed by atoms with Crippen molar-refractivity contribution in [2.24, 2.45) is 11.3 Å². The van der Waals surface area contributed by atoms with Crippen LogP contribution in [-0.2, 0) is 4.74 Å². The van der Waals surface area contributed by atoms with Crippen molar-refractivity contribution < 1.29 is 9.84 Å². The Morgan fingerprint density at radius 2 is 1.61 bits per heavy atom. The number of nitrogens with zero attached hydrogens (tertiary/aromatic N) is 1. The minimum Gasteiger partial charge on any atom is -0.391 e. The monoisotopic (exact) mass is 251 g/mol. The Kier molecular flexibility index (Phi) is 5.03. The molecule has 1 N–H and O–H groups in total. The van der Waals surface area contributed by atoms with Crippen LogP contribution in [0.25, 0.3) is 0 Å². The van der Waals surface area contributed by atoms with E-state index in [-0.39, 0.29) is 5.92 Å². The van der Waals surface area contributed by atoms with E-state index in [9.17, 15) is 10.4 Å². The first-order valence-electron chi connectivity index (χ1n) is 7.45. The summed E-state index contributed by atoms with van der Waals surface area (Å²) < 4.78 is 5.35. The van der Waals surface area contributed by atoms with Crippen molar-refractivity contribution in [3.63, 3.8) is 0 Å². The highest BCUT2D eigenvalue weighted by molar-refractivity contribution is 5.05. The van der Waals surface area contributed by atoms with Gasteiger partial charge in [-0.25, -0.2) is 0 Å². The van der Waals surface area contributed by atoms with Gasteiger partial charge in [0, 0.05) is 13.2 Å². The maximum absolute atomic E-state index is 10.7. The summed E-state index contributed by atoms with van der Waals surface area (Å²) in [7, 11) is 0. The Bertz CT molecular complexity index is 283. The van der Waals surface area contributed by atoms with Crippen molar-refractivity contribution in [2.45, 2.75) is 63.9 Å². The lowest BCUT2D eigenvalue weighted by atomic mass is 9.68. The lowest BCUT2D eigenvalue weighted by Crippen LogP contribution is -2.42. The molecular weight excluding hydrogens is 226 g/mol. The van der Waals surface area contributed by atoms with Crippen molar-refractivity contribution in [3.05, 3.63) is 0 Å². The molecule has 2 rings (SSSR count). The van der Waals surface area contributed by atoms with E-state index in [1.165, 1.54) is 19.3 Å². The zero-order chi connectivity index (χ0) is 12.8. The molecule has 3 heteroatoms. The second kappa shape index (κ2) is 6.54.